The molecule has 11 heteroatoms. The van der Waals surface area contributed by atoms with E-state index in [0.29, 0.717) is 0 Å². The van der Waals surface area contributed by atoms with Gasteiger partial charge >= 0.3 is 16.8 Å². The Kier molecular flexibility index (Phi) is 9.19. The molecular formula is C26H16CoN6O4. The minimum Gasteiger partial charge on any atom is -0.543 e. The van der Waals surface area contributed by atoms with Crippen LogP contribution in [0.3, 0.4) is 0 Å². The molecule has 0 aliphatic heterocycles. The average molecular weight is 535 g/mol. The molecule has 37 heavy (non-hydrogen) atoms. The number of carboxylic acids is 2. The second-order valence-electron chi connectivity index (χ2n) is 7.06. The fraction of sp³-hybridized carbons (Fsp3) is 0. The second kappa shape index (κ2) is 12.7. The number of nitrogens with zero attached hydrogens (tertiary/aromatic N) is 6. The van der Waals surface area contributed by atoms with Crippen molar-refractivity contribution in [1.29, 1.82) is 0 Å². The van der Waals surface area contributed by atoms with E-state index < -0.39 is 11.9 Å². The van der Waals surface area contributed by atoms with Gasteiger partial charge in [0, 0.05) is 48.0 Å². The molecule has 0 saturated heterocycles. The van der Waals surface area contributed by atoms with Gasteiger partial charge in [-0.15, -0.1) is 0 Å². The van der Waals surface area contributed by atoms with E-state index in [1.807, 2.05) is 24.3 Å². The van der Waals surface area contributed by atoms with E-state index in [1.165, 1.54) is 24.5 Å². The van der Waals surface area contributed by atoms with Gasteiger partial charge in [0.05, 0.1) is 45.4 Å². The van der Waals surface area contributed by atoms with Crippen LogP contribution in [0.2, 0.25) is 0 Å². The van der Waals surface area contributed by atoms with Crippen molar-refractivity contribution in [2.24, 2.45) is 0 Å². The average Bonchev–Trinajstić information content (AvgIpc) is 2.95. The smallest absolute Gasteiger partial charge is 0.543 e. The number of benzene rings is 1. The van der Waals surface area contributed by atoms with Crippen molar-refractivity contribution in [2.45, 2.75) is 0 Å². The summed E-state index contributed by atoms with van der Waals surface area (Å²) < 4.78 is 0. The van der Waals surface area contributed by atoms with Crippen molar-refractivity contribution < 1.29 is 36.6 Å². The molecule has 10 nitrogen and oxygen atoms in total. The molecule has 0 aliphatic carbocycles. The normalized spacial score (nSPS) is 9.84. The number of carbonyl (C=O) groups excluding carboxylic acids is 2. The first-order valence-corrected chi connectivity index (χ1v) is 10.5. The van der Waals surface area contributed by atoms with Crippen LogP contribution in [0.25, 0.3) is 32.8 Å². The predicted octanol–water partition coefficient (Wildman–Crippen LogP) is 1.61. The third kappa shape index (κ3) is 6.42. The van der Waals surface area contributed by atoms with E-state index in [1.54, 1.807) is 49.1 Å². The number of aromatic carboxylic acids is 2. The maximum Gasteiger partial charge on any atom is 2.00 e. The van der Waals surface area contributed by atoms with Gasteiger partial charge in [-0.25, -0.2) is 0 Å². The number of carboxylic acid groups (broad SMARTS) is 2. The Labute approximate surface area is 220 Å². The quantitative estimate of drug-likeness (QED) is 0.298. The Hall–Kier alpha value is -4.87. The number of hydrogen-bond acceptors (Lipinski definition) is 10. The van der Waals surface area contributed by atoms with Crippen LogP contribution in [-0.2, 0) is 16.8 Å². The zero-order chi connectivity index (χ0) is 25.3. The summed E-state index contributed by atoms with van der Waals surface area (Å²) in [7, 11) is 0. The summed E-state index contributed by atoms with van der Waals surface area (Å²) in [4.78, 5) is 44.8. The van der Waals surface area contributed by atoms with Crippen LogP contribution in [0, 0.1) is 0 Å². The van der Waals surface area contributed by atoms with E-state index in [-0.39, 0.29) is 28.2 Å². The van der Waals surface area contributed by atoms with Crippen molar-refractivity contribution in [2.75, 3.05) is 0 Å². The first kappa shape index (κ1) is 26.7. The Morgan fingerprint density at radius 1 is 0.459 bits per heavy atom. The van der Waals surface area contributed by atoms with Gasteiger partial charge in [-0.1, -0.05) is 12.1 Å². The van der Waals surface area contributed by atoms with Crippen LogP contribution in [-0.4, -0.2) is 41.8 Å². The predicted molar refractivity (Wildman–Crippen MR) is 127 cm³/mol. The van der Waals surface area contributed by atoms with Crippen LogP contribution < -0.4 is 10.2 Å². The van der Waals surface area contributed by atoms with Gasteiger partial charge in [-0.3, -0.25) is 29.9 Å². The van der Waals surface area contributed by atoms with Crippen molar-refractivity contribution in [1.82, 2.24) is 29.9 Å². The third-order valence-corrected chi connectivity index (χ3v) is 4.80. The number of rotatable bonds is 2. The zero-order valence-electron chi connectivity index (χ0n) is 18.9. The van der Waals surface area contributed by atoms with Gasteiger partial charge in [-0.2, -0.15) is 0 Å². The van der Waals surface area contributed by atoms with Crippen molar-refractivity contribution in [3.63, 3.8) is 0 Å². The molecule has 1 aromatic carbocycles. The molecule has 5 aromatic heterocycles. The molecule has 0 unspecified atom stereocenters. The van der Waals surface area contributed by atoms with Gasteiger partial charge in [-0.05, 0) is 48.5 Å². The molecule has 0 saturated carbocycles. The number of hydrogen-bond donors (Lipinski definition) is 0. The summed E-state index contributed by atoms with van der Waals surface area (Å²) >= 11 is 0. The van der Waals surface area contributed by atoms with Crippen LogP contribution in [0.1, 0.15) is 21.0 Å². The van der Waals surface area contributed by atoms with E-state index in [4.69, 9.17) is 0 Å². The van der Waals surface area contributed by atoms with Gasteiger partial charge in [0.2, 0.25) is 0 Å². The van der Waals surface area contributed by atoms with Gasteiger partial charge in [0.15, 0.2) is 0 Å². The molecular weight excluding hydrogens is 519 g/mol. The maximum absolute atomic E-state index is 10.0. The molecule has 0 bridgehead atoms. The molecule has 1 radical (unpaired) electrons. The van der Waals surface area contributed by atoms with Gasteiger partial charge in [0.25, 0.3) is 0 Å². The first-order chi connectivity index (χ1) is 17.6. The molecule has 0 atom stereocenters. The van der Waals surface area contributed by atoms with Crippen LogP contribution in [0.15, 0.2) is 97.8 Å². The molecule has 0 amide bonds. The molecule has 0 spiro atoms. The largest absolute Gasteiger partial charge is 2.00 e. The summed E-state index contributed by atoms with van der Waals surface area (Å²) in [6, 6.07) is 17.1. The Balaban J connectivity index is 0.000000170. The summed E-state index contributed by atoms with van der Waals surface area (Å²) in [5.74, 6) is -2.48. The minimum absolute atomic E-state index is 0. The first-order valence-electron chi connectivity index (χ1n) is 10.5. The fourth-order valence-electron chi connectivity index (χ4n) is 3.27. The van der Waals surface area contributed by atoms with E-state index in [2.05, 4.69) is 29.9 Å². The van der Waals surface area contributed by atoms with Crippen LogP contribution >= 0.6 is 0 Å². The van der Waals surface area contributed by atoms with Gasteiger partial charge < -0.3 is 19.8 Å². The topological polar surface area (TPSA) is 158 Å². The summed E-state index contributed by atoms with van der Waals surface area (Å²) in [6.45, 7) is 0. The SMILES string of the molecule is O=C([O-])c1ccccn1.O=C([O-])c1ccccn1.[Co+2].c1cnc2c(c1)c1nccnc1c1cccnc12. The summed E-state index contributed by atoms with van der Waals surface area (Å²) in [5.41, 5.74) is 3.44. The molecule has 6 aromatic rings. The maximum atomic E-state index is 10.0. The summed E-state index contributed by atoms with van der Waals surface area (Å²) in [6.07, 6.45) is 9.78. The minimum atomic E-state index is -1.24. The number of pyridine rings is 4. The van der Waals surface area contributed by atoms with Crippen LogP contribution in [0.5, 0.6) is 0 Å². The third-order valence-electron chi connectivity index (χ3n) is 4.80. The Bertz CT molecular complexity index is 1380. The molecule has 6 rings (SSSR count). The monoisotopic (exact) mass is 535 g/mol. The van der Waals surface area contributed by atoms with E-state index in [0.717, 1.165) is 32.8 Å². The molecule has 5 heterocycles. The second-order valence-corrected chi connectivity index (χ2v) is 7.06. The molecule has 0 N–H and O–H groups in total. The number of aromatic nitrogens is 6. The zero-order valence-corrected chi connectivity index (χ0v) is 19.9. The molecule has 0 fully saturated rings. The summed E-state index contributed by atoms with van der Waals surface area (Å²) in [5, 5.41) is 22.0. The standard InChI is InChI=1S/C14H8N4.2C6H5NO2.Co/c1-3-9-11(15-5-1)12-10(4-2-6-16-12)14-13(9)17-7-8-18-14;2*8-6(9)5-3-1-2-4-7-5;/h1-8H;2*1-4H,(H,8,9);/q;;;+2/p-2. The van der Waals surface area contributed by atoms with E-state index >= 15 is 0 Å². The Morgan fingerprint density at radius 3 is 1.11 bits per heavy atom. The molecule has 183 valence electrons. The Morgan fingerprint density at radius 2 is 0.811 bits per heavy atom. The van der Waals surface area contributed by atoms with Crippen molar-refractivity contribution in [3.05, 3.63) is 109 Å². The molecule has 0 aliphatic rings. The van der Waals surface area contributed by atoms with Crippen LogP contribution in [0.4, 0.5) is 0 Å². The number of carbonyl (C=O) groups is 2. The van der Waals surface area contributed by atoms with Crippen molar-refractivity contribution >= 4 is 44.8 Å². The van der Waals surface area contributed by atoms with Gasteiger partial charge in [0.1, 0.15) is 0 Å². The van der Waals surface area contributed by atoms with Crippen molar-refractivity contribution in [3.8, 4) is 0 Å². The fourth-order valence-corrected chi connectivity index (χ4v) is 3.27. The van der Waals surface area contributed by atoms with E-state index in [9.17, 15) is 19.8 Å². The number of fused-ring (bicyclic) bond motifs is 6.